The van der Waals surface area contributed by atoms with E-state index in [1.807, 2.05) is 0 Å². The minimum absolute atomic E-state index is 0. The first-order valence-electron chi connectivity index (χ1n) is 6.90. The van der Waals surface area contributed by atoms with E-state index in [9.17, 15) is 9.90 Å². The van der Waals surface area contributed by atoms with E-state index in [4.69, 9.17) is 25.0 Å². The molecule has 0 aromatic carbocycles. The van der Waals surface area contributed by atoms with Crippen molar-refractivity contribution in [3.63, 3.8) is 0 Å². The molecule has 0 aromatic rings. The molecule has 0 spiro atoms. The molecule has 2 N–H and O–H groups in total. The zero-order valence-corrected chi connectivity index (χ0v) is 15.6. The first kappa shape index (κ1) is 26.3. The topological polar surface area (TPSA) is 152 Å². The van der Waals surface area contributed by atoms with E-state index in [1.165, 1.54) is 32.1 Å². The molecule has 0 heterocycles. The summed E-state index contributed by atoms with van der Waals surface area (Å²) in [6.45, 7) is 0.809. The molecule has 0 aliphatic carbocycles. The van der Waals surface area contributed by atoms with Crippen molar-refractivity contribution in [3.8, 4) is 0 Å². The fraction of sp³-hybridized carbons (Fsp3) is 0.917. The van der Waals surface area contributed by atoms with Crippen LogP contribution in [0.1, 0.15) is 64.2 Å². The second kappa shape index (κ2) is 18.5. The van der Waals surface area contributed by atoms with Gasteiger partial charge in [0.05, 0.1) is 0 Å². The van der Waals surface area contributed by atoms with E-state index in [-0.39, 0.29) is 32.6 Å². The van der Waals surface area contributed by atoms with Crippen LogP contribution in [0.4, 0.5) is 0 Å². The summed E-state index contributed by atoms with van der Waals surface area (Å²) in [5, 5.41) is 10.1. The predicted octanol–water partition coefficient (Wildman–Crippen LogP) is -1.23. The summed E-state index contributed by atoms with van der Waals surface area (Å²) in [7, 11) is -5.39. The predicted molar refractivity (Wildman–Crippen MR) is 67.8 cm³/mol. The maximum Gasteiger partial charge on any atom is 4.00 e. The minimum atomic E-state index is -5.39. The van der Waals surface area contributed by atoms with Crippen LogP contribution in [0.2, 0.25) is 0 Å². The van der Waals surface area contributed by atoms with Gasteiger partial charge in [0.2, 0.25) is 0 Å². The van der Waals surface area contributed by atoms with Crippen molar-refractivity contribution in [2.24, 2.45) is 5.73 Å². The largest absolute Gasteiger partial charge is 4.00 e. The number of carboxylic acids is 1. The molecule has 0 fully saturated rings. The molecule has 0 aliphatic rings. The number of phosphoric acid groups is 1. The third-order valence-electron chi connectivity index (χ3n) is 2.59. The number of aliphatic carboxylic acids is 1. The molecule has 9 heteroatoms. The van der Waals surface area contributed by atoms with Crippen molar-refractivity contribution < 1.29 is 55.3 Å². The van der Waals surface area contributed by atoms with Gasteiger partial charge in [0, 0.05) is 5.97 Å². The molecule has 0 saturated heterocycles. The Balaban J connectivity index is -0.000000465. The maximum atomic E-state index is 10.1. The maximum absolute atomic E-state index is 10.1. The quantitative estimate of drug-likeness (QED) is 0.336. The molecule has 122 valence electrons. The number of hydrogen-bond donors (Lipinski definition) is 1. The van der Waals surface area contributed by atoms with Crippen LogP contribution in [0.15, 0.2) is 0 Å². The van der Waals surface area contributed by atoms with Crippen molar-refractivity contribution in [3.05, 3.63) is 0 Å². The average Bonchev–Trinajstić information content (AvgIpc) is 2.29. The molecule has 0 unspecified atom stereocenters. The van der Waals surface area contributed by atoms with Crippen LogP contribution in [-0.4, -0.2) is 12.5 Å². The Morgan fingerprint density at radius 2 is 1.10 bits per heavy atom. The van der Waals surface area contributed by atoms with Crippen LogP contribution < -0.4 is 25.5 Å². The molecule has 0 saturated carbocycles. The average molecular weight is 401 g/mol. The minimum Gasteiger partial charge on any atom is -0.822 e. The molecule has 0 rings (SSSR count). The van der Waals surface area contributed by atoms with Crippen molar-refractivity contribution >= 4 is 13.8 Å². The normalized spacial score (nSPS) is 10.3. The van der Waals surface area contributed by atoms with Crippen molar-refractivity contribution in [1.29, 1.82) is 0 Å². The van der Waals surface area contributed by atoms with Crippen LogP contribution in [0.5, 0.6) is 0 Å². The number of hydrogen-bond acceptors (Lipinski definition) is 7. The first-order chi connectivity index (χ1) is 9.27. The van der Waals surface area contributed by atoms with Gasteiger partial charge < -0.3 is 34.9 Å². The van der Waals surface area contributed by atoms with Crippen molar-refractivity contribution in [2.75, 3.05) is 6.54 Å². The van der Waals surface area contributed by atoms with Crippen LogP contribution in [0, 0.1) is 0 Å². The van der Waals surface area contributed by atoms with Gasteiger partial charge in [-0.2, -0.15) is 7.82 Å². The number of carbonyl (C=O) groups excluding carboxylic acids is 1. The van der Waals surface area contributed by atoms with Gasteiger partial charge in [0.15, 0.2) is 0 Å². The van der Waals surface area contributed by atoms with Crippen LogP contribution >= 0.6 is 7.82 Å². The Bertz CT molecular complexity index is 266. The fourth-order valence-electron chi connectivity index (χ4n) is 1.65. The van der Waals surface area contributed by atoms with E-state index >= 15 is 0 Å². The van der Waals surface area contributed by atoms with Gasteiger partial charge in [0.25, 0.3) is 0 Å². The standard InChI is InChI=1S/C12H25NO2.H3O4P.Zr/c13-11-9-7-5-3-1-2-4-6-8-10-12(14)15;1-5(2,3)4;/h1-11,13H2,(H,14,15);(H3,1,2,3,4);/q;;+4/p-4. The zero-order chi connectivity index (χ0) is 15.9. The van der Waals surface area contributed by atoms with Gasteiger partial charge in [-0.25, -0.2) is 0 Å². The number of carbonyl (C=O) groups is 1. The van der Waals surface area contributed by atoms with Crippen LogP contribution in [-0.2, 0) is 35.6 Å². The Kier molecular flexibility index (Phi) is 23.2. The molecule has 0 bridgehead atoms. The molecule has 0 radical (unpaired) electrons. The molecule has 0 aromatic heterocycles. The molecular weight excluding hydrogens is 376 g/mol. The SMILES string of the molecule is NCCCCCCCCCCCC(=O)[O-].O=P([O-])([O-])[O-].[Zr+4]. The summed E-state index contributed by atoms with van der Waals surface area (Å²) in [6.07, 6.45) is 10.7. The molecule has 7 nitrogen and oxygen atoms in total. The Morgan fingerprint density at radius 1 is 0.810 bits per heavy atom. The second-order valence-electron chi connectivity index (χ2n) is 4.54. The monoisotopic (exact) mass is 399 g/mol. The van der Waals surface area contributed by atoms with Crippen LogP contribution in [0.3, 0.4) is 0 Å². The van der Waals surface area contributed by atoms with E-state index in [0.717, 1.165) is 32.2 Å². The number of carboxylic acid groups (broad SMARTS) is 1. The van der Waals surface area contributed by atoms with Gasteiger partial charge in [-0.1, -0.05) is 44.9 Å². The number of nitrogens with two attached hydrogens (primary N) is 1. The Hall–Kier alpha value is 0.423. The van der Waals surface area contributed by atoms with Gasteiger partial charge in [-0.15, -0.1) is 0 Å². The summed E-state index contributed by atoms with van der Waals surface area (Å²) in [5.74, 6) is -0.920. The third-order valence-corrected chi connectivity index (χ3v) is 2.59. The first-order valence-corrected chi connectivity index (χ1v) is 8.36. The van der Waals surface area contributed by atoms with E-state index in [0.29, 0.717) is 0 Å². The van der Waals surface area contributed by atoms with Gasteiger partial charge >= 0.3 is 26.2 Å². The summed E-state index contributed by atoms with van der Waals surface area (Å²) in [4.78, 5) is 35.8. The van der Waals surface area contributed by atoms with Gasteiger partial charge in [-0.3, -0.25) is 0 Å². The zero-order valence-electron chi connectivity index (χ0n) is 12.3. The Morgan fingerprint density at radius 3 is 1.38 bits per heavy atom. The summed E-state index contributed by atoms with van der Waals surface area (Å²) >= 11 is 0. The van der Waals surface area contributed by atoms with Crippen LogP contribution in [0.25, 0.3) is 0 Å². The van der Waals surface area contributed by atoms with Gasteiger partial charge in [0.1, 0.15) is 0 Å². The number of unbranched alkanes of at least 4 members (excludes halogenated alkanes) is 8. The Labute approximate surface area is 145 Å². The smallest absolute Gasteiger partial charge is 0.822 e. The van der Waals surface area contributed by atoms with E-state index < -0.39 is 13.8 Å². The summed E-state index contributed by atoms with van der Waals surface area (Å²) in [6, 6.07) is 0. The van der Waals surface area contributed by atoms with Gasteiger partial charge in [-0.05, 0) is 25.8 Å². The molecular formula is C12H24NO6PZr. The molecule has 21 heavy (non-hydrogen) atoms. The molecule has 0 atom stereocenters. The summed E-state index contributed by atoms with van der Waals surface area (Å²) < 4.78 is 8.55. The van der Waals surface area contributed by atoms with Crippen molar-refractivity contribution in [2.45, 2.75) is 64.2 Å². The fourth-order valence-corrected chi connectivity index (χ4v) is 1.65. The molecule has 0 aliphatic heterocycles. The third kappa shape index (κ3) is 44.9. The number of rotatable bonds is 11. The second-order valence-corrected chi connectivity index (χ2v) is 5.43. The van der Waals surface area contributed by atoms with E-state index in [2.05, 4.69) is 0 Å². The van der Waals surface area contributed by atoms with E-state index in [1.54, 1.807) is 0 Å². The summed E-state index contributed by atoms with van der Waals surface area (Å²) in [5.41, 5.74) is 5.40. The molecule has 0 amide bonds. The van der Waals surface area contributed by atoms with Crippen molar-refractivity contribution in [1.82, 2.24) is 0 Å².